The van der Waals surface area contributed by atoms with Crippen molar-refractivity contribution in [1.29, 1.82) is 0 Å². The molecule has 0 aromatic heterocycles. The largest absolute Gasteiger partial charge is 0.493 e. The van der Waals surface area contributed by atoms with E-state index in [1.165, 1.54) is 0 Å². The molecule has 0 amide bonds. The van der Waals surface area contributed by atoms with E-state index < -0.39 is 11.9 Å². The van der Waals surface area contributed by atoms with Gasteiger partial charge in [-0.1, -0.05) is 19.1 Å². The van der Waals surface area contributed by atoms with Crippen LogP contribution in [0.4, 0.5) is 0 Å². The number of carbonyl (C=O) groups is 2. The first-order chi connectivity index (χ1) is 19.2. The van der Waals surface area contributed by atoms with Crippen LogP contribution in [0.5, 0.6) is 23.0 Å². The molecule has 2 aromatic carbocycles. The smallest absolute Gasteiger partial charge is 0.337 e. The predicted molar refractivity (Wildman–Crippen MR) is 152 cm³/mol. The maximum absolute atomic E-state index is 13.9. The predicted octanol–water partition coefficient (Wildman–Crippen LogP) is 5.81. The highest BCUT2D eigenvalue weighted by Crippen LogP contribution is 2.47. The van der Waals surface area contributed by atoms with Crippen LogP contribution in [-0.4, -0.2) is 45.8 Å². The molecule has 4 rings (SSSR count). The first-order valence-electron chi connectivity index (χ1n) is 13.7. The molecule has 40 heavy (non-hydrogen) atoms. The van der Waals surface area contributed by atoms with E-state index >= 15 is 0 Å². The van der Waals surface area contributed by atoms with Gasteiger partial charge < -0.3 is 29.0 Å². The highest BCUT2D eigenvalue weighted by Gasteiger charge is 2.42. The van der Waals surface area contributed by atoms with E-state index in [9.17, 15) is 9.59 Å². The van der Waals surface area contributed by atoms with Crippen molar-refractivity contribution in [1.82, 2.24) is 5.32 Å². The van der Waals surface area contributed by atoms with Gasteiger partial charge in [0.1, 0.15) is 0 Å². The molecule has 0 saturated heterocycles. The van der Waals surface area contributed by atoms with Crippen molar-refractivity contribution >= 4 is 11.8 Å². The van der Waals surface area contributed by atoms with Crippen molar-refractivity contribution in [3.05, 3.63) is 70.1 Å². The SMILES string of the molecule is CCCOc1ccc([C@H]2C(C(=O)OC(C)C)=C(C)NC3=C2C(=O)C[C@@H](c2ccc(OC)c(OC)c2)C3)cc1OC. The van der Waals surface area contributed by atoms with Crippen LogP contribution in [0.25, 0.3) is 0 Å². The summed E-state index contributed by atoms with van der Waals surface area (Å²) in [6.45, 7) is 8.07. The molecule has 1 aliphatic heterocycles. The number of allylic oxidation sites excluding steroid dienone is 3. The first-order valence-corrected chi connectivity index (χ1v) is 13.7. The lowest BCUT2D eigenvalue weighted by Crippen LogP contribution is -2.36. The van der Waals surface area contributed by atoms with Gasteiger partial charge in [0.15, 0.2) is 28.8 Å². The highest BCUT2D eigenvalue weighted by molar-refractivity contribution is 6.04. The number of ketones is 1. The first kappa shape index (κ1) is 29.1. The number of benzene rings is 2. The van der Waals surface area contributed by atoms with Gasteiger partial charge in [-0.25, -0.2) is 4.79 Å². The van der Waals surface area contributed by atoms with Crippen molar-refractivity contribution in [2.45, 2.75) is 64.9 Å². The van der Waals surface area contributed by atoms with Crippen LogP contribution in [0, 0.1) is 0 Å². The van der Waals surface area contributed by atoms with E-state index in [1.807, 2.05) is 64.1 Å². The molecule has 0 saturated carbocycles. The third-order valence-corrected chi connectivity index (χ3v) is 7.25. The van der Waals surface area contributed by atoms with Crippen molar-refractivity contribution in [3.63, 3.8) is 0 Å². The maximum atomic E-state index is 13.9. The van der Waals surface area contributed by atoms with E-state index in [4.69, 9.17) is 23.7 Å². The Morgan fingerprint density at radius 3 is 2.20 bits per heavy atom. The van der Waals surface area contributed by atoms with Gasteiger partial charge >= 0.3 is 5.97 Å². The van der Waals surface area contributed by atoms with Gasteiger partial charge in [0.25, 0.3) is 0 Å². The number of Topliss-reactive ketones (excluding diaryl/α,β-unsaturated/α-hetero) is 1. The molecular formula is C32H39NO7. The van der Waals surface area contributed by atoms with Crippen molar-refractivity contribution in [3.8, 4) is 23.0 Å². The summed E-state index contributed by atoms with van der Waals surface area (Å²) in [5.41, 5.74) is 4.24. The molecule has 214 valence electrons. The Balaban J connectivity index is 1.79. The molecule has 0 bridgehead atoms. The van der Waals surface area contributed by atoms with Gasteiger partial charge in [0.2, 0.25) is 0 Å². The van der Waals surface area contributed by atoms with Crippen molar-refractivity contribution in [2.24, 2.45) is 0 Å². The van der Waals surface area contributed by atoms with Gasteiger partial charge in [0.05, 0.1) is 39.6 Å². The van der Waals surface area contributed by atoms with Gasteiger partial charge in [0, 0.05) is 29.3 Å². The third-order valence-electron chi connectivity index (χ3n) is 7.25. The van der Waals surface area contributed by atoms with Gasteiger partial charge in [-0.05, 0) is 74.9 Å². The zero-order valence-corrected chi connectivity index (χ0v) is 24.4. The maximum Gasteiger partial charge on any atom is 0.337 e. The molecule has 0 spiro atoms. The minimum atomic E-state index is -0.601. The van der Waals surface area contributed by atoms with Gasteiger partial charge in [-0.2, -0.15) is 0 Å². The molecule has 1 heterocycles. The number of esters is 1. The van der Waals surface area contributed by atoms with E-state index in [-0.39, 0.29) is 17.8 Å². The lowest BCUT2D eigenvalue weighted by atomic mass is 9.71. The Labute approximate surface area is 236 Å². The summed E-state index contributed by atoms with van der Waals surface area (Å²) >= 11 is 0. The molecule has 2 aromatic rings. The Kier molecular flexibility index (Phi) is 9.07. The number of carbonyl (C=O) groups excluding carboxylic acids is 2. The molecule has 0 radical (unpaired) electrons. The lowest BCUT2D eigenvalue weighted by molar-refractivity contribution is -0.143. The van der Waals surface area contributed by atoms with E-state index in [1.54, 1.807) is 21.3 Å². The Bertz CT molecular complexity index is 1340. The second-order valence-electron chi connectivity index (χ2n) is 10.3. The van der Waals surface area contributed by atoms with Gasteiger partial charge in [-0.15, -0.1) is 0 Å². The number of hydrogen-bond acceptors (Lipinski definition) is 8. The molecule has 0 fully saturated rings. The summed E-state index contributed by atoms with van der Waals surface area (Å²) in [7, 11) is 4.78. The lowest BCUT2D eigenvalue weighted by Gasteiger charge is -2.37. The average molecular weight is 550 g/mol. The topological polar surface area (TPSA) is 92.3 Å². The van der Waals surface area contributed by atoms with Crippen LogP contribution < -0.4 is 24.3 Å². The standard InChI is InChI=1S/C32H39NO7/c1-8-13-39-26-12-10-21(17-28(26)38-7)30-29(32(35)40-18(2)3)19(4)33-23-14-22(15-24(34)31(23)30)20-9-11-25(36-5)27(16-20)37-6/h9-12,16-18,22,30,33H,8,13-15H2,1-7H3/t22-,30-/m0/s1. The number of methoxy groups -OCH3 is 3. The molecule has 8 nitrogen and oxygen atoms in total. The number of hydrogen-bond donors (Lipinski definition) is 1. The summed E-state index contributed by atoms with van der Waals surface area (Å²) in [5.74, 6) is 1.29. The van der Waals surface area contributed by atoms with E-state index in [0.717, 1.165) is 23.2 Å². The highest BCUT2D eigenvalue weighted by atomic mass is 16.5. The van der Waals surface area contributed by atoms with Crippen LogP contribution in [-0.2, 0) is 14.3 Å². The Hall–Kier alpha value is -3.94. The number of dihydropyridines is 1. The van der Waals surface area contributed by atoms with Crippen LogP contribution >= 0.6 is 0 Å². The second-order valence-corrected chi connectivity index (χ2v) is 10.3. The summed E-state index contributed by atoms with van der Waals surface area (Å²) in [6, 6.07) is 11.4. The van der Waals surface area contributed by atoms with Crippen LogP contribution in [0.15, 0.2) is 58.9 Å². The zero-order valence-electron chi connectivity index (χ0n) is 24.4. The summed E-state index contributed by atoms with van der Waals surface area (Å²) in [4.78, 5) is 27.4. The van der Waals surface area contributed by atoms with Gasteiger partial charge in [-0.3, -0.25) is 4.79 Å². The molecular weight excluding hydrogens is 510 g/mol. The zero-order chi connectivity index (χ0) is 29.0. The summed E-state index contributed by atoms with van der Waals surface area (Å²) < 4.78 is 28.0. The van der Waals surface area contributed by atoms with Crippen LogP contribution in [0.3, 0.4) is 0 Å². The average Bonchev–Trinajstić information content (AvgIpc) is 2.94. The Morgan fingerprint density at radius 2 is 1.55 bits per heavy atom. The van der Waals surface area contributed by atoms with E-state index in [0.29, 0.717) is 59.3 Å². The van der Waals surface area contributed by atoms with Crippen LogP contribution in [0.1, 0.15) is 69.9 Å². The third kappa shape index (κ3) is 5.81. The number of rotatable bonds is 10. The van der Waals surface area contributed by atoms with Crippen molar-refractivity contribution < 1.29 is 33.3 Å². The molecule has 8 heteroatoms. The monoisotopic (exact) mass is 549 g/mol. The summed E-state index contributed by atoms with van der Waals surface area (Å²) in [6.07, 6.45) is 1.45. The van der Waals surface area contributed by atoms with E-state index in [2.05, 4.69) is 5.32 Å². The fourth-order valence-corrected chi connectivity index (χ4v) is 5.46. The van der Waals surface area contributed by atoms with Crippen molar-refractivity contribution in [2.75, 3.05) is 27.9 Å². The molecule has 1 N–H and O–H groups in total. The fourth-order valence-electron chi connectivity index (χ4n) is 5.46. The summed E-state index contributed by atoms with van der Waals surface area (Å²) in [5, 5.41) is 3.40. The minimum Gasteiger partial charge on any atom is -0.493 e. The minimum absolute atomic E-state index is 0.0221. The molecule has 0 unspecified atom stereocenters. The molecule has 2 atom stereocenters. The normalized spacial score (nSPS) is 18.8. The van der Waals surface area contributed by atoms with Crippen LogP contribution in [0.2, 0.25) is 0 Å². The fraction of sp³-hybridized carbons (Fsp3) is 0.438. The molecule has 1 aliphatic carbocycles. The number of ether oxygens (including phenoxy) is 5. The quantitative estimate of drug-likeness (QED) is 0.371. The number of nitrogens with one attached hydrogen (secondary N) is 1. The second kappa shape index (κ2) is 12.5. The Morgan fingerprint density at radius 1 is 0.925 bits per heavy atom. The molecule has 2 aliphatic rings.